The zero-order chi connectivity index (χ0) is 40.9. The van der Waals surface area contributed by atoms with Crippen LogP contribution in [0.15, 0.2) is 185 Å². The summed E-state index contributed by atoms with van der Waals surface area (Å²) >= 11 is 0. The van der Waals surface area contributed by atoms with Crippen LogP contribution in [0.1, 0.15) is 30.9 Å². The lowest BCUT2D eigenvalue weighted by Crippen LogP contribution is -2.22. The minimum atomic E-state index is -1.16. The van der Waals surface area contributed by atoms with Crippen LogP contribution in [0.3, 0.4) is 0 Å². The van der Waals surface area contributed by atoms with Gasteiger partial charge in [0.25, 0.3) is 5.70 Å². The first kappa shape index (κ1) is 39.2. The fourth-order valence-corrected chi connectivity index (χ4v) is 7.40. The first-order valence-electron chi connectivity index (χ1n) is 18.7. The first-order chi connectivity index (χ1) is 28.5. The minimum Gasteiger partial charge on any atom is -0.341 e. The van der Waals surface area contributed by atoms with Crippen LogP contribution < -0.4 is 4.90 Å². The summed E-state index contributed by atoms with van der Waals surface area (Å²) in [5, 5.41) is 54.4. The topological polar surface area (TPSA) is 127 Å². The smallest absolute Gasteiger partial charge is 0.270 e. The zero-order valence-electron chi connectivity index (χ0n) is 31.8. The van der Waals surface area contributed by atoms with Crippen LogP contribution in [0, 0.1) is 69.1 Å². The third-order valence-corrected chi connectivity index (χ3v) is 9.99. The van der Waals surface area contributed by atoms with E-state index in [1.54, 1.807) is 24.3 Å². The van der Waals surface area contributed by atoms with Gasteiger partial charge in [-0.1, -0.05) is 127 Å². The number of likely N-dealkylation sites (N-methyl/N-ethyl adjacent to an activating group) is 1. The number of nitrogens with zero attached hydrogens (tertiary/aromatic N) is 7. The Kier molecular flexibility index (Phi) is 12.7. The Morgan fingerprint density at radius 1 is 0.724 bits per heavy atom. The van der Waals surface area contributed by atoms with E-state index in [1.165, 1.54) is 0 Å². The van der Waals surface area contributed by atoms with Gasteiger partial charge in [-0.15, -0.1) is 0 Å². The van der Waals surface area contributed by atoms with Crippen LogP contribution >= 0.6 is 0 Å². The van der Waals surface area contributed by atoms with Crippen molar-refractivity contribution < 1.29 is 0 Å². The average molecular weight is 746 g/mol. The largest absolute Gasteiger partial charge is 0.341 e. The molecule has 0 fully saturated rings. The predicted molar refractivity (Wildman–Crippen MR) is 230 cm³/mol. The van der Waals surface area contributed by atoms with E-state index in [0.29, 0.717) is 36.1 Å². The summed E-state index contributed by atoms with van der Waals surface area (Å²) in [5.41, 5.74) is 6.20. The molecular weight excluding hydrogens is 711 g/mol. The molecule has 0 atom stereocenters. The molecule has 0 radical (unpaired) electrons. The molecule has 5 aromatic rings. The molecule has 0 heterocycles. The maximum Gasteiger partial charge on any atom is 0.270 e. The lowest BCUT2D eigenvalue weighted by atomic mass is 9.87. The number of para-hydroxylation sites is 1. The number of benzene rings is 5. The number of hydrogen-bond donors (Lipinski definition) is 0. The molecule has 0 amide bonds. The lowest BCUT2D eigenvalue weighted by Gasteiger charge is -2.27. The van der Waals surface area contributed by atoms with Crippen molar-refractivity contribution >= 4 is 38.4 Å². The Hall–Kier alpha value is -8.46. The summed E-state index contributed by atoms with van der Waals surface area (Å²) in [7, 11) is 0. The van der Waals surface area contributed by atoms with Crippen molar-refractivity contribution in [3.05, 3.63) is 208 Å². The van der Waals surface area contributed by atoms with Crippen LogP contribution in [0.2, 0.25) is 0 Å². The van der Waals surface area contributed by atoms with Crippen LogP contribution in [0.25, 0.3) is 37.5 Å². The Morgan fingerprint density at radius 3 is 1.95 bits per heavy atom. The van der Waals surface area contributed by atoms with E-state index in [4.69, 9.17) is 6.57 Å². The molecule has 0 aliphatic heterocycles. The van der Waals surface area contributed by atoms with Gasteiger partial charge in [-0.3, -0.25) is 0 Å². The monoisotopic (exact) mass is 745 g/mol. The van der Waals surface area contributed by atoms with Crippen molar-refractivity contribution in [3.8, 4) is 30.3 Å². The van der Waals surface area contributed by atoms with Crippen molar-refractivity contribution in [1.82, 2.24) is 0 Å². The van der Waals surface area contributed by atoms with Gasteiger partial charge >= 0.3 is 0 Å². The highest BCUT2D eigenvalue weighted by Gasteiger charge is 2.25. The molecule has 1 aliphatic rings. The SMILES string of the molecule is [C-]#[N+]/C(C#N)=C(/C(C#N)=C/C=C/C1=C(N(CC)c2ccccc2)C(=C/C=C/C(C#N)=C(\c2cccc3ccccc23)C(C#N)C#N)/CC1)c1cccc2ccccc12. The van der Waals surface area contributed by atoms with E-state index in [0.717, 1.165) is 44.1 Å². The normalized spacial score (nSPS) is 14.4. The molecule has 6 rings (SSSR count). The number of allylic oxidation sites excluding steroid dienone is 13. The Labute approximate surface area is 339 Å². The van der Waals surface area contributed by atoms with E-state index in [1.807, 2.05) is 133 Å². The standard InChI is InChI=1S/C51H35N7/c1-3-58(43-23-5-4-6-24-43)51-38(19-11-21-40(31-52)49(42(33-54)34-55)46-27-13-17-36-15-7-9-25-44(36)46)29-30-39(51)20-12-22-41(32-53)50(48(35-56)57-2)47-28-14-18-37-16-8-10-26-45(37)47/h4-28,42H,3,29-30H2,1H3/b20-12+,21-11+,38-19+,41-22+,49-40+,50-48-. The molecule has 0 saturated heterocycles. The van der Waals surface area contributed by atoms with Crippen molar-refractivity contribution in [2.75, 3.05) is 11.4 Å². The van der Waals surface area contributed by atoms with E-state index in [-0.39, 0.29) is 22.4 Å². The van der Waals surface area contributed by atoms with E-state index < -0.39 is 5.92 Å². The second-order valence-electron chi connectivity index (χ2n) is 13.2. The molecule has 0 unspecified atom stereocenters. The Morgan fingerprint density at radius 2 is 1.34 bits per heavy atom. The van der Waals surface area contributed by atoms with Crippen LogP contribution in [-0.2, 0) is 0 Å². The maximum absolute atomic E-state index is 10.4. The number of anilines is 1. The molecule has 0 saturated carbocycles. The van der Waals surface area contributed by atoms with Crippen molar-refractivity contribution in [1.29, 1.82) is 26.3 Å². The number of fused-ring (bicyclic) bond motifs is 2. The molecule has 0 bridgehead atoms. The maximum atomic E-state index is 10.4. The summed E-state index contributed by atoms with van der Waals surface area (Å²) in [6, 6.07) is 47.4. The predicted octanol–water partition coefficient (Wildman–Crippen LogP) is 11.9. The van der Waals surface area contributed by atoms with Crippen molar-refractivity contribution in [2.45, 2.75) is 19.8 Å². The number of rotatable bonds is 11. The number of hydrogen-bond acceptors (Lipinski definition) is 6. The Balaban J connectivity index is 1.46. The summed E-state index contributed by atoms with van der Waals surface area (Å²) in [6.45, 7) is 10.5. The molecular formula is C51H35N7. The van der Waals surface area contributed by atoms with Crippen LogP contribution in [0.4, 0.5) is 5.69 Å². The van der Waals surface area contributed by atoms with E-state index >= 15 is 0 Å². The molecule has 5 aromatic carbocycles. The summed E-state index contributed by atoms with van der Waals surface area (Å²) in [6.07, 6.45) is 12.3. The summed E-state index contributed by atoms with van der Waals surface area (Å²) in [4.78, 5) is 5.73. The first-order valence-corrected chi connectivity index (χ1v) is 18.7. The third kappa shape index (κ3) is 8.13. The van der Waals surface area contributed by atoms with Crippen LogP contribution in [-0.4, -0.2) is 6.54 Å². The molecule has 0 aromatic heterocycles. The average Bonchev–Trinajstić information content (AvgIpc) is 3.67. The summed E-state index contributed by atoms with van der Waals surface area (Å²) < 4.78 is 0. The van der Waals surface area contributed by atoms with E-state index in [9.17, 15) is 26.3 Å². The molecule has 0 N–H and O–H groups in total. The molecule has 0 spiro atoms. The van der Waals surface area contributed by atoms with Gasteiger partial charge in [0.15, 0.2) is 5.92 Å². The lowest BCUT2D eigenvalue weighted by molar-refractivity contribution is 0.958. The minimum absolute atomic E-state index is 0.165. The molecule has 58 heavy (non-hydrogen) atoms. The van der Waals surface area contributed by atoms with Crippen LogP contribution in [0.5, 0.6) is 0 Å². The quantitative estimate of drug-likeness (QED) is 0.0752. The molecule has 1 aliphatic carbocycles. The molecule has 274 valence electrons. The van der Waals surface area contributed by atoms with Gasteiger partial charge in [-0.25, -0.2) is 10.1 Å². The van der Waals surface area contributed by atoms with Gasteiger partial charge in [0.05, 0.1) is 48.1 Å². The highest BCUT2D eigenvalue weighted by atomic mass is 15.1. The Bertz CT molecular complexity index is 2850. The second kappa shape index (κ2) is 18.7. The van der Waals surface area contributed by atoms with Crippen molar-refractivity contribution in [2.24, 2.45) is 5.92 Å². The fraction of sp³-hybridized carbons (Fsp3) is 0.0980. The summed E-state index contributed by atoms with van der Waals surface area (Å²) in [5.74, 6) is -1.16. The zero-order valence-corrected chi connectivity index (χ0v) is 31.8. The third-order valence-electron chi connectivity index (χ3n) is 9.99. The van der Waals surface area contributed by atoms with Gasteiger partial charge in [-0.2, -0.15) is 21.0 Å². The van der Waals surface area contributed by atoms with Gasteiger partial charge in [0, 0.05) is 29.1 Å². The highest BCUT2D eigenvalue weighted by molar-refractivity contribution is 6.01. The van der Waals surface area contributed by atoms with E-state index in [2.05, 4.69) is 40.9 Å². The fourth-order valence-electron chi connectivity index (χ4n) is 7.40. The molecule has 7 nitrogen and oxygen atoms in total. The second-order valence-corrected chi connectivity index (χ2v) is 13.2. The highest BCUT2D eigenvalue weighted by Crippen LogP contribution is 2.39. The van der Waals surface area contributed by atoms with Gasteiger partial charge in [0.1, 0.15) is 0 Å². The van der Waals surface area contributed by atoms with Gasteiger partial charge in [-0.05, 0) is 87.9 Å². The van der Waals surface area contributed by atoms with Gasteiger partial charge < -0.3 is 4.90 Å². The molecule has 7 heteroatoms. The van der Waals surface area contributed by atoms with Crippen molar-refractivity contribution in [3.63, 3.8) is 0 Å². The number of nitriles is 5. The van der Waals surface area contributed by atoms with Gasteiger partial charge in [0.2, 0.25) is 0 Å².